The van der Waals surface area contributed by atoms with Crippen molar-refractivity contribution in [3.63, 3.8) is 0 Å². The van der Waals surface area contributed by atoms with Gasteiger partial charge < -0.3 is 10.6 Å². The molecule has 1 heterocycles. The summed E-state index contributed by atoms with van der Waals surface area (Å²) in [6.07, 6.45) is 2.50. The third-order valence-corrected chi connectivity index (χ3v) is 4.36. The number of carbonyl (C=O) groups excluding carboxylic acids is 2. The standard InChI is InChI=1S/C16H17F3N2O2/c17-10-7-12(19)11(18)5-9(10)6-15(23)20-13-3-4-14(22)21-16(13)8-1-2-8/h5,7-8,13,16H,1-4,6H2,(H,20,23)(H,21,22)/t13-,16+/m1/s1. The first-order valence-corrected chi connectivity index (χ1v) is 7.66. The van der Waals surface area contributed by atoms with E-state index in [0.29, 0.717) is 30.9 Å². The Balaban J connectivity index is 1.64. The number of carbonyl (C=O) groups is 2. The molecule has 2 fully saturated rings. The van der Waals surface area contributed by atoms with E-state index in [4.69, 9.17) is 0 Å². The number of hydrogen-bond acceptors (Lipinski definition) is 2. The quantitative estimate of drug-likeness (QED) is 0.829. The molecule has 1 aromatic rings. The van der Waals surface area contributed by atoms with Crippen LogP contribution >= 0.6 is 0 Å². The molecule has 1 aromatic carbocycles. The van der Waals surface area contributed by atoms with Crippen LogP contribution in [0.4, 0.5) is 13.2 Å². The largest absolute Gasteiger partial charge is 0.351 e. The van der Waals surface area contributed by atoms with Gasteiger partial charge in [-0.1, -0.05) is 0 Å². The molecule has 2 atom stereocenters. The summed E-state index contributed by atoms with van der Waals surface area (Å²) in [6, 6.07) is 0.827. The molecule has 1 aliphatic carbocycles. The smallest absolute Gasteiger partial charge is 0.224 e. The first kappa shape index (κ1) is 15.8. The van der Waals surface area contributed by atoms with Crippen LogP contribution in [0.2, 0.25) is 0 Å². The zero-order chi connectivity index (χ0) is 16.6. The van der Waals surface area contributed by atoms with Crippen molar-refractivity contribution in [3.05, 3.63) is 35.1 Å². The Morgan fingerprint density at radius 2 is 1.83 bits per heavy atom. The molecular weight excluding hydrogens is 309 g/mol. The van der Waals surface area contributed by atoms with E-state index in [-0.39, 0.29) is 30.0 Å². The lowest BCUT2D eigenvalue weighted by molar-refractivity contribution is -0.127. The Bertz CT molecular complexity index is 646. The van der Waals surface area contributed by atoms with Gasteiger partial charge in [-0.25, -0.2) is 13.2 Å². The highest BCUT2D eigenvalue weighted by molar-refractivity contribution is 5.81. The summed E-state index contributed by atoms with van der Waals surface area (Å²) >= 11 is 0. The van der Waals surface area contributed by atoms with E-state index in [1.807, 2.05) is 0 Å². The molecule has 0 aromatic heterocycles. The van der Waals surface area contributed by atoms with Crippen molar-refractivity contribution in [2.45, 2.75) is 44.2 Å². The third kappa shape index (κ3) is 3.65. The topological polar surface area (TPSA) is 58.2 Å². The molecule has 2 N–H and O–H groups in total. The van der Waals surface area contributed by atoms with Crippen LogP contribution in [-0.4, -0.2) is 23.9 Å². The van der Waals surface area contributed by atoms with Gasteiger partial charge in [0.2, 0.25) is 11.8 Å². The summed E-state index contributed by atoms with van der Waals surface area (Å²) in [5, 5.41) is 5.67. The predicted molar refractivity (Wildman–Crippen MR) is 75.8 cm³/mol. The predicted octanol–water partition coefficient (Wildman–Crippen LogP) is 1.82. The van der Waals surface area contributed by atoms with Crippen LogP contribution in [0.25, 0.3) is 0 Å². The van der Waals surface area contributed by atoms with Gasteiger partial charge in [-0.05, 0) is 31.2 Å². The van der Waals surface area contributed by atoms with Gasteiger partial charge in [0, 0.05) is 24.1 Å². The summed E-state index contributed by atoms with van der Waals surface area (Å²) in [7, 11) is 0. The number of piperidine rings is 1. The number of benzene rings is 1. The normalized spacial score (nSPS) is 24.2. The zero-order valence-electron chi connectivity index (χ0n) is 12.4. The minimum Gasteiger partial charge on any atom is -0.351 e. The fraction of sp³-hybridized carbons (Fsp3) is 0.500. The van der Waals surface area contributed by atoms with Gasteiger partial charge in [0.25, 0.3) is 0 Å². The van der Waals surface area contributed by atoms with E-state index in [2.05, 4.69) is 10.6 Å². The van der Waals surface area contributed by atoms with Crippen molar-refractivity contribution in [2.24, 2.45) is 5.92 Å². The highest BCUT2D eigenvalue weighted by atomic mass is 19.2. The molecule has 1 saturated heterocycles. The molecule has 23 heavy (non-hydrogen) atoms. The number of hydrogen-bond donors (Lipinski definition) is 2. The molecule has 0 bridgehead atoms. The Morgan fingerprint density at radius 3 is 2.52 bits per heavy atom. The molecule has 124 valence electrons. The van der Waals surface area contributed by atoms with E-state index >= 15 is 0 Å². The molecule has 1 aliphatic heterocycles. The average Bonchev–Trinajstić information content (AvgIpc) is 3.31. The van der Waals surface area contributed by atoms with Crippen LogP contribution in [-0.2, 0) is 16.0 Å². The minimum absolute atomic E-state index is 0.0287. The van der Waals surface area contributed by atoms with E-state index in [0.717, 1.165) is 12.8 Å². The zero-order valence-corrected chi connectivity index (χ0v) is 12.4. The summed E-state index contributed by atoms with van der Waals surface area (Å²) < 4.78 is 39.7. The summed E-state index contributed by atoms with van der Waals surface area (Å²) in [4.78, 5) is 23.6. The van der Waals surface area contributed by atoms with Crippen LogP contribution in [0, 0.1) is 23.4 Å². The molecule has 2 amide bonds. The summed E-state index contributed by atoms with van der Waals surface area (Å²) in [5.41, 5.74) is -0.191. The minimum atomic E-state index is -1.28. The van der Waals surface area contributed by atoms with E-state index in [1.54, 1.807) is 0 Å². The second-order valence-electron chi connectivity index (χ2n) is 6.18. The Kier molecular flexibility index (Phi) is 4.28. The maximum atomic E-state index is 13.6. The molecule has 3 rings (SSSR count). The van der Waals surface area contributed by atoms with Crippen LogP contribution < -0.4 is 10.6 Å². The van der Waals surface area contributed by atoms with Gasteiger partial charge in [0.05, 0.1) is 12.5 Å². The van der Waals surface area contributed by atoms with Crippen LogP contribution in [0.1, 0.15) is 31.2 Å². The van der Waals surface area contributed by atoms with Crippen molar-refractivity contribution in [1.29, 1.82) is 0 Å². The van der Waals surface area contributed by atoms with Crippen molar-refractivity contribution < 1.29 is 22.8 Å². The van der Waals surface area contributed by atoms with Gasteiger partial charge in [-0.15, -0.1) is 0 Å². The van der Waals surface area contributed by atoms with Gasteiger partial charge in [-0.2, -0.15) is 0 Å². The monoisotopic (exact) mass is 326 g/mol. The summed E-state index contributed by atoms with van der Waals surface area (Å²) in [6.45, 7) is 0. The Labute approximate surface area is 131 Å². The molecular formula is C16H17F3N2O2. The SMILES string of the molecule is O=C(Cc1cc(F)c(F)cc1F)N[C@@H]1CCC(=O)N[C@H]1C1CC1. The molecule has 0 radical (unpaired) electrons. The van der Waals surface area contributed by atoms with Crippen LogP contribution in [0.5, 0.6) is 0 Å². The first-order valence-electron chi connectivity index (χ1n) is 7.66. The second-order valence-corrected chi connectivity index (χ2v) is 6.18. The number of halogens is 3. The lowest BCUT2D eigenvalue weighted by atomic mass is 9.94. The van der Waals surface area contributed by atoms with Crippen molar-refractivity contribution in [1.82, 2.24) is 10.6 Å². The molecule has 7 heteroatoms. The van der Waals surface area contributed by atoms with Crippen LogP contribution in [0.3, 0.4) is 0 Å². The average molecular weight is 326 g/mol. The maximum absolute atomic E-state index is 13.6. The maximum Gasteiger partial charge on any atom is 0.224 e. The van der Waals surface area contributed by atoms with Crippen molar-refractivity contribution in [2.75, 3.05) is 0 Å². The lowest BCUT2D eigenvalue weighted by Gasteiger charge is -2.33. The molecule has 4 nitrogen and oxygen atoms in total. The highest BCUT2D eigenvalue weighted by Crippen LogP contribution is 2.36. The third-order valence-electron chi connectivity index (χ3n) is 4.36. The first-order chi connectivity index (χ1) is 10.9. The highest BCUT2D eigenvalue weighted by Gasteiger charge is 2.40. The lowest BCUT2D eigenvalue weighted by Crippen LogP contribution is -2.56. The molecule has 0 spiro atoms. The fourth-order valence-electron chi connectivity index (χ4n) is 3.02. The Morgan fingerprint density at radius 1 is 1.13 bits per heavy atom. The second kappa shape index (κ2) is 6.22. The number of rotatable bonds is 4. The molecule has 1 saturated carbocycles. The van der Waals surface area contributed by atoms with Gasteiger partial charge in [0.1, 0.15) is 5.82 Å². The molecule has 0 unspecified atom stereocenters. The van der Waals surface area contributed by atoms with Crippen molar-refractivity contribution in [3.8, 4) is 0 Å². The van der Waals surface area contributed by atoms with Gasteiger partial charge >= 0.3 is 0 Å². The van der Waals surface area contributed by atoms with Crippen LogP contribution in [0.15, 0.2) is 12.1 Å². The van der Waals surface area contributed by atoms with Gasteiger partial charge in [0.15, 0.2) is 11.6 Å². The van der Waals surface area contributed by atoms with Gasteiger partial charge in [-0.3, -0.25) is 9.59 Å². The number of amides is 2. The summed E-state index contributed by atoms with van der Waals surface area (Å²) in [5.74, 6) is -3.55. The van der Waals surface area contributed by atoms with E-state index in [9.17, 15) is 22.8 Å². The van der Waals surface area contributed by atoms with E-state index in [1.165, 1.54) is 0 Å². The van der Waals surface area contributed by atoms with E-state index < -0.39 is 23.4 Å². The Hall–Kier alpha value is -2.05. The fourth-order valence-corrected chi connectivity index (χ4v) is 3.02. The molecule has 2 aliphatic rings. The number of nitrogens with one attached hydrogen (secondary N) is 2. The van der Waals surface area contributed by atoms with Crippen molar-refractivity contribution >= 4 is 11.8 Å².